The summed E-state index contributed by atoms with van der Waals surface area (Å²) < 4.78 is 10.4. The Kier molecular flexibility index (Phi) is 6.61. The molecule has 0 spiro atoms. The Balaban J connectivity index is 1.84. The van der Waals surface area contributed by atoms with Gasteiger partial charge in [-0.25, -0.2) is 14.4 Å². The van der Waals surface area contributed by atoms with Crippen LogP contribution in [0.25, 0.3) is 0 Å². The van der Waals surface area contributed by atoms with Crippen molar-refractivity contribution in [2.75, 3.05) is 24.7 Å². The highest BCUT2D eigenvalue weighted by Crippen LogP contribution is 2.29. The Morgan fingerprint density at radius 1 is 1.23 bits per heavy atom. The number of hydrogen-bond acceptors (Lipinski definition) is 6. The zero-order chi connectivity index (χ0) is 21.8. The van der Waals surface area contributed by atoms with Crippen LogP contribution >= 0.6 is 11.6 Å². The van der Waals surface area contributed by atoms with E-state index in [-0.39, 0.29) is 36.0 Å². The SMILES string of the molecule is CCOC(=O)C1=C(COC(=O)c2ccc(Cl)cc2N2CCCC2=O)NC(=O)NC1C. The fraction of sp³-hybridized carbons (Fsp3) is 0.400. The van der Waals surface area contributed by atoms with Gasteiger partial charge in [-0.1, -0.05) is 11.6 Å². The first-order valence-electron chi connectivity index (χ1n) is 9.56. The number of esters is 2. The Hall–Kier alpha value is -3.07. The molecule has 1 aromatic carbocycles. The Bertz CT molecular complexity index is 929. The third kappa shape index (κ3) is 4.56. The predicted octanol–water partition coefficient (Wildman–Crippen LogP) is 2.14. The van der Waals surface area contributed by atoms with Gasteiger partial charge in [0.25, 0.3) is 0 Å². The van der Waals surface area contributed by atoms with Crippen LogP contribution in [0.3, 0.4) is 0 Å². The number of rotatable bonds is 6. The molecule has 160 valence electrons. The maximum atomic E-state index is 12.8. The maximum Gasteiger partial charge on any atom is 0.340 e. The molecule has 1 saturated heterocycles. The number of anilines is 1. The van der Waals surface area contributed by atoms with Crippen LogP contribution in [0.5, 0.6) is 0 Å². The third-order valence-electron chi connectivity index (χ3n) is 4.76. The number of urea groups is 1. The van der Waals surface area contributed by atoms with Crippen LogP contribution in [0.15, 0.2) is 29.5 Å². The van der Waals surface area contributed by atoms with E-state index < -0.39 is 24.0 Å². The van der Waals surface area contributed by atoms with Gasteiger partial charge < -0.3 is 25.0 Å². The van der Waals surface area contributed by atoms with Gasteiger partial charge in [0.05, 0.1) is 35.2 Å². The van der Waals surface area contributed by atoms with Gasteiger partial charge >= 0.3 is 18.0 Å². The minimum atomic E-state index is -0.711. The molecule has 9 nitrogen and oxygen atoms in total. The number of hydrogen-bond donors (Lipinski definition) is 2. The van der Waals surface area contributed by atoms with Crippen molar-refractivity contribution in [1.82, 2.24) is 10.6 Å². The van der Waals surface area contributed by atoms with Gasteiger partial charge in [-0.3, -0.25) is 4.79 Å². The molecule has 2 aliphatic rings. The Labute approximate surface area is 178 Å². The van der Waals surface area contributed by atoms with Gasteiger partial charge in [0.1, 0.15) is 6.61 Å². The van der Waals surface area contributed by atoms with Crippen LogP contribution < -0.4 is 15.5 Å². The quantitative estimate of drug-likeness (QED) is 0.662. The number of carbonyl (C=O) groups excluding carboxylic acids is 4. The largest absolute Gasteiger partial charge is 0.463 e. The lowest BCUT2D eigenvalue weighted by Gasteiger charge is -2.26. The van der Waals surface area contributed by atoms with E-state index in [0.29, 0.717) is 30.1 Å². The lowest BCUT2D eigenvalue weighted by Crippen LogP contribution is -2.50. The van der Waals surface area contributed by atoms with Crippen LogP contribution in [-0.4, -0.2) is 49.7 Å². The normalized spacial score (nSPS) is 18.8. The zero-order valence-corrected chi connectivity index (χ0v) is 17.4. The van der Waals surface area contributed by atoms with Gasteiger partial charge in [0.2, 0.25) is 5.91 Å². The van der Waals surface area contributed by atoms with Crippen LogP contribution in [0.4, 0.5) is 10.5 Å². The summed E-state index contributed by atoms with van der Waals surface area (Å²) in [6.45, 7) is 3.59. The monoisotopic (exact) mass is 435 g/mol. The lowest BCUT2D eigenvalue weighted by atomic mass is 10.0. The summed E-state index contributed by atoms with van der Waals surface area (Å²) in [4.78, 5) is 50.5. The molecule has 1 unspecified atom stereocenters. The van der Waals surface area contributed by atoms with Crippen LogP contribution in [0.1, 0.15) is 37.0 Å². The van der Waals surface area contributed by atoms with E-state index in [4.69, 9.17) is 21.1 Å². The molecule has 0 saturated carbocycles. The van der Waals surface area contributed by atoms with E-state index in [1.807, 2.05) is 0 Å². The third-order valence-corrected chi connectivity index (χ3v) is 4.99. The molecule has 10 heteroatoms. The molecule has 3 rings (SSSR count). The fourth-order valence-electron chi connectivity index (χ4n) is 3.41. The molecule has 30 heavy (non-hydrogen) atoms. The highest BCUT2D eigenvalue weighted by atomic mass is 35.5. The van der Waals surface area contributed by atoms with Crippen molar-refractivity contribution in [3.8, 4) is 0 Å². The summed E-state index contributed by atoms with van der Waals surface area (Å²) in [5.41, 5.74) is 0.861. The van der Waals surface area contributed by atoms with E-state index in [0.717, 1.165) is 0 Å². The molecule has 1 atom stereocenters. The number of ether oxygens (including phenoxy) is 2. The van der Waals surface area contributed by atoms with Crippen molar-refractivity contribution in [3.63, 3.8) is 0 Å². The lowest BCUT2D eigenvalue weighted by molar-refractivity contribution is -0.139. The second-order valence-electron chi connectivity index (χ2n) is 6.82. The van der Waals surface area contributed by atoms with Gasteiger partial charge in [-0.05, 0) is 38.5 Å². The maximum absolute atomic E-state index is 12.8. The summed E-state index contributed by atoms with van der Waals surface area (Å²) in [5, 5.41) is 5.44. The average Bonchev–Trinajstić information content (AvgIpc) is 3.11. The minimum absolute atomic E-state index is 0.0990. The number of amides is 3. The smallest absolute Gasteiger partial charge is 0.340 e. The molecular weight excluding hydrogens is 414 g/mol. The van der Waals surface area contributed by atoms with Crippen molar-refractivity contribution in [1.29, 1.82) is 0 Å². The second kappa shape index (κ2) is 9.17. The number of halogens is 1. The zero-order valence-electron chi connectivity index (χ0n) is 16.6. The van der Waals surface area contributed by atoms with E-state index >= 15 is 0 Å². The Morgan fingerprint density at radius 2 is 2.00 bits per heavy atom. The van der Waals surface area contributed by atoms with E-state index in [1.54, 1.807) is 19.9 Å². The number of benzene rings is 1. The van der Waals surface area contributed by atoms with Crippen molar-refractivity contribution in [2.24, 2.45) is 0 Å². The number of nitrogens with zero attached hydrogens (tertiary/aromatic N) is 1. The first-order chi connectivity index (χ1) is 14.3. The first kappa shape index (κ1) is 21.6. The molecule has 0 aliphatic carbocycles. The van der Waals surface area contributed by atoms with Crippen molar-refractivity contribution in [2.45, 2.75) is 32.7 Å². The van der Waals surface area contributed by atoms with Crippen LogP contribution in [-0.2, 0) is 19.1 Å². The summed E-state index contributed by atoms with van der Waals surface area (Å²) in [6, 6.07) is 3.42. The summed E-state index contributed by atoms with van der Waals surface area (Å²) in [7, 11) is 0. The number of nitrogens with one attached hydrogen (secondary N) is 2. The molecule has 0 aromatic heterocycles. The fourth-order valence-corrected chi connectivity index (χ4v) is 3.58. The molecule has 1 fully saturated rings. The molecule has 0 radical (unpaired) electrons. The summed E-state index contributed by atoms with van der Waals surface area (Å²) in [5.74, 6) is -1.42. The first-order valence-corrected chi connectivity index (χ1v) is 9.94. The second-order valence-corrected chi connectivity index (χ2v) is 7.26. The molecule has 2 aliphatic heterocycles. The van der Waals surface area contributed by atoms with Crippen molar-refractivity contribution >= 4 is 41.2 Å². The van der Waals surface area contributed by atoms with Crippen molar-refractivity contribution in [3.05, 3.63) is 40.1 Å². The topological polar surface area (TPSA) is 114 Å². The number of carbonyl (C=O) groups is 4. The Morgan fingerprint density at radius 3 is 2.67 bits per heavy atom. The molecule has 3 amide bonds. The van der Waals surface area contributed by atoms with Crippen molar-refractivity contribution < 1.29 is 28.7 Å². The molecular formula is C20H22ClN3O6. The van der Waals surface area contributed by atoms with Gasteiger partial charge in [0, 0.05) is 18.0 Å². The standard InChI is InChI=1S/C20H22ClN3O6/c1-3-29-19(27)17-11(2)22-20(28)23-14(17)10-30-18(26)13-7-6-12(21)9-15(13)24-8-4-5-16(24)25/h6-7,9,11H,3-5,8,10H2,1-2H3,(H2,22,23,28). The van der Waals surface area contributed by atoms with Crippen LogP contribution in [0.2, 0.25) is 5.02 Å². The minimum Gasteiger partial charge on any atom is -0.463 e. The van der Waals surface area contributed by atoms with E-state index in [2.05, 4.69) is 10.6 Å². The average molecular weight is 436 g/mol. The molecule has 0 bridgehead atoms. The van der Waals surface area contributed by atoms with Crippen LogP contribution in [0, 0.1) is 0 Å². The van der Waals surface area contributed by atoms with E-state index in [1.165, 1.54) is 17.0 Å². The highest BCUT2D eigenvalue weighted by molar-refractivity contribution is 6.31. The van der Waals surface area contributed by atoms with E-state index in [9.17, 15) is 19.2 Å². The summed E-state index contributed by atoms with van der Waals surface area (Å²) >= 11 is 6.06. The highest BCUT2D eigenvalue weighted by Gasteiger charge is 2.31. The van der Waals surface area contributed by atoms with Gasteiger partial charge in [-0.2, -0.15) is 0 Å². The summed E-state index contributed by atoms with van der Waals surface area (Å²) in [6.07, 6.45) is 1.08. The van der Waals surface area contributed by atoms with Gasteiger partial charge in [0.15, 0.2) is 0 Å². The predicted molar refractivity (Wildman–Crippen MR) is 108 cm³/mol. The molecule has 2 heterocycles. The van der Waals surface area contributed by atoms with Gasteiger partial charge in [-0.15, -0.1) is 0 Å². The molecule has 1 aromatic rings. The molecule has 2 N–H and O–H groups in total.